The third-order valence-electron chi connectivity index (χ3n) is 6.69. The summed E-state index contributed by atoms with van der Waals surface area (Å²) in [4.78, 5) is 25.0. The van der Waals surface area contributed by atoms with Crippen LogP contribution in [0.1, 0.15) is 61.4 Å². The number of esters is 1. The smallest absolute Gasteiger partial charge is 0.338 e. The molecular weight excluding hydrogens is 452 g/mol. The molecule has 34 heavy (non-hydrogen) atoms. The van der Waals surface area contributed by atoms with Crippen molar-refractivity contribution >= 4 is 27.6 Å². The van der Waals surface area contributed by atoms with Crippen molar-refractivity contribution in [2.24, 2.45) is 5.92 Å². The number of ether oxygens (including phenoxy) is 1. The van der Waals surface area contributed by atoms with Gasteiger partial charge in [0.25, 0.3) is 15.9 Å². The Morgan fingerprint density at radius 1 is 1.03 bits per heavy atom. The van der Waals surface area contributed by atoms with Crippen molar-refractivity contribution in [2.75, 3.05) is 17.4 Å². The average molecular weight is 485 g/mol. The van der Waals surface area contributed by atoms with Gasteiger partial charge in [-0.1, -0.05) is 37.5 Å². The first kappa shape index (κ1) is 24.3. The molecule has 182 valence electrons. The van der Waals surface area contributed by atoms with Gasteiger partial charge in [-0.05, 0) is 74.4 Å². The number of sulfonamides is 1. The molecule has 0 aromatic heterocycles. The maximum atomic E-state index is 13.3. The first-order valence-electron chi connectivity index (χ1n) is 12.1. The second-order valence-electron chi connectivity index (χ2n) is 9.13. The Morgan fingerprint density at radius 3 is 2.47 bits per heavy atom. The second-order valence-corrected chi connectivity index (χ2v) is 11.0. The number of benzene rings is 2. The van der Waals surface area contributed by atoms with Crippen molar-refractivity contribution in [3.63, 3.8) is 0 Å². The molecule has 0 spiro atoms. The molecule has 1 atom stereocenters. The van der Waals surface area contributed by atoms with E-state index in [1.54, 1.807) is 6.92 Å². The number of nitrogens with zero attached hydrogens (tertiary/aromatic N) is 1. The van der Waals surface area contributed by atoms with Crippen molar-refractivity contribution in [2.45, 2.75) is 62.9 Å². The van der Waals surface area contributed by atoms with Crippen LogP contribution in [0.4, 0.5) is 5.69 Å². The number of nitrogens with one attached hydrogen (secondary N) is 1. The molecule has 0 saturated heterocycles. The van der Waals surface area contributed by atoms with Gasteiger partial charge in [-0.3, -0.25) is 9.10 Å². The van der Waals surface area contributed by atoms with Crippen LogP contribution in [0, 0.1) is 5.92 Å². The molecule has 1 aliphatic carbocycles. The third-order valence-corrected chi connectivity index (χ3v) is 8.52. The number of amides is 1. The fraction of sp³-hybridized carbons (Fsp3) is 0.462. The molecule has 2 aliphatic rings. The van der Waals surface area contributed by atoms with Gasteiger partial charge in [0.2, 0.25) is 0 Å². The summed E-state index contributed by atoms with van der Waals surface area (Å²) < 4.78 is 33.3. The van der Waals surface area contributed by atoms with Gasteiger partial charge in [-0.15, -0.1) is 0 Å². The van der Waals surface area contributed by atoms with Crippen LogP contribution in [0.5, 0.6) is 0 Å². The van der Waals surface area contributed by atoms with Crippen molar-refractivity contribution in [3.8, 4) is 0 Å². The van der Waals surface area contributed by atoms with Gasteiger partial charge in [0.05, 0.1) is 16.1 Å². The van der Waals surface area contributed by atoms with E-state index in [0.29, 0.717) is 24.7 Å². The zero-order valence-corrected chi connectivity index (χ0v) is 20.4. The van der Waals surface area contributed by atoms with Crippen LogP contribution in [0.2, 0.25) is 0 Å². The van der Waals surface area contributed by atoms with E-state index in [0.717, 1.165) is 31.2 Å². The number of hydrogen-bond donors (Lipinski definition) is 1. The number of para-hydroxylation sites is 1. The third kappa shape index (κ3) is 5.43. The lowest BCUT2D eigenvalue weighted by molar-refractivity contribution is -0.129. The van der Waals surface area contributed by atoms with Crippen molar-refractivity contribution < 1.29 is 22.7 Å². The van der Waals surface area contributed by atoms with Gasteiger partial charge < -0.3 is 10.1 Å². The summed E-state index contributed by atoms with van der Waals surface area (Å²) in [5, 5.41) is 2.88. The van der Waals surface area contributed by atoms with Crippen LogP contribution in [0.15, 0.2) is 53.4 Å². The molecule has 1 saturated carbocycles. The molecular formula is C26H32N2O5S. The molecule has 1 N–H and O–H groups in total. The molecule has 2 aromatic rings. The Balaban J connectivity index is 1.37. The first-order chi connectivity index (χ1) is 16.4. The lowest BCUT2D eigenvalue weighted by Crippen LogP contribution is -2.38. The fourth-order valence-corrected chi connectivity index (χ4v) is 6.24. The summed E-state index contributed by atoms with van der Waals surface area (Å²) in [5.41, 5.74) is 1.91. The van der Waals surface area contributed by atoms with Gasteiger partial charge in [-0.2, -0.15) is 0 Å². The molecule has 0 radical (unpaired) electrons. The number of hydrogen-bond acceptors (Lipinski definition) is 5. The highest BCUT2D eigenvalue weighted by molar-refractivity contribution is 7.92. The first-order valence-corrected chi connectivity index (χ1v) is 13.5. The normalized spacial score (nSPS) is 17.5. The van der Waals surface area contributed by atoms with Crippen LogP contribution in [-0.4, -0.2) is 39.5 Å². The van der Waals surface area contributed by atoms with Crippen LogP contribution in [0.3, 0.4) is 0 Å². The quantitative estimate of drug-likeness (QED) is 0.598. The summed E-state index contributed by atoms with van der Waals surface area (Å²) in [6.45, 7) is 2.56. The van der Waals surface area contributed by atoms with Crippen LogP contribution >= 0.6 is 0 Å². The number of aryl methyl sites for hydroxylation is 1. The van der Waals surface area contributed by atoms with Crippen LogP contribution in [-0.2, 0) is 26.0 Å². The predicted octanol–water partition coefficient (Wildman–Crippen LogP) is 4.07. The second kappa shape index (κ2) is 10.6. The van der Waals surface area contributed by atoms with Gasteiger partial charge in [0, 0.05) is 13.1 Å². The summed E-state index contributed by atoms with van der Waals surface area (Å²) in [6.07, 6.45) is 6.55. The molecule has 1 fully saturated rings. The topological polar surface area (TPSA) is 92.8 Å². The van der Waals surface area contributed by atoms with E-state index < -0.39 is 22.1 Å². The fourth-order valence-electron chi connectivity index (χ4n) is 4.70. The number of carbonyl (C=O) groups excluding carboxylic acids is 2. The molecule has 1 aliphatic heterocycles. The maximum absolute atomic E-state index is 13.3. The Labute approximate surface area is 201 Å². The lowest BCUT2D eigenvalue weighted by Gasteiger charge is -2.30. The molecule has 4 rings (SSSR count). The molecule has 7 nitrogen and oxygen atoms in total. The van der Waals surface area contributed by atoms with E-state index in [1.165, 1.54) is 47.8 Å². The van der Waals surface area contributed by atoms with Crippen LogP contribution in [0.25, 0.3) is 0 Å². The van der Waals surface area contributed by atoms with Crippen LogP contribution < -0.4 is 9.62 Å². The van der Waals surface area contributed by atoms with E-state index in [2.05, 4.69) is 5.32 Å². The van der Waals surface area contributed by atoms with E-state index in [4.69, 9.17) is 4.74 Å². The number of carbonyl (C=O) groups is 2. The summed E-state index contributed by atoms with van der Waals surface area (Å²) in [7, 11) is -3.76. The molecule has 2 aromatic carbocycles. The van der Waals surface area contributed by atoms with Gasteiger partial charge >= 0.3 is 5.97 Å². The number of anilines is 1. The Kier molecular flexibility index (Phi) is 7.56. The molecule has 0 bridgehead atoms. The van der Waals surface area contributed by atoms with Gasteiger partial charge in [0.1, 0.15) is 0 Å². The number of fused-ring (bicyclic) bond motifs is 1. The minimum absolute atomic E-state index is 0.110. The van der Waals surface area contributed by atoms with Crippen molar-refractivity contribution in [1.29, 1.82) is 0 Å². The summed E-state index contributed by atoms with van der Waals surface area (Å²) in [5.74, 6) is -0.489. The van der Waals surface area contributed by atoms with E-state index in [1.807, 2.05) is 24.3 Å². The van der Waals surface area contributed by atoms with Gasteiger partial charge in [0.15, 0.2) is 6.10 Å². The summed E-state index contributed by atoms with van der Waals surface area (Å²) >= 11 is 0. The maximum Gasteiger partial charge on any atom is 0.338 e. The molecule has 1 amide bonds. The standard InChI is InChI=1S/C26H32N2O5S/c1-19(25(29)27-18-20-8-3-2-4-9-20)33-26(30)22-13-15-23(16-14-22)34(31,32)28-17-7-11-21-10-5-6-12-24(21)28/h5-6,10,12-16,19-20H,2-4,7-9,11,17-18H2,1H3,(H,27,29)/t19-/m1/s1. The number of rotatable bonds is 7. The summed E-state index contributed by atoms with van der Waals surface area (Å²) in [6, 6.07) is 13.2. The Bertz CT molecular complexity index is 1120. The SMILES string of the molecule is C[C@@H](OC(=O)c1ccc(S(=O)(=O)N2CCCc3ccccc32)cc1)C(=O)NCC1CCCCC1. The zero-order chi connectivity index (χ0) is 24.1. The van der Waals surface area contributed by atoms with Crippen molar-refractivity contribution in [3.05, 3.63) is 59.7 Å². The van der Waals surface area contributed by atoms with E-state index in [9.17, 15) is 18.0 Å². The monoisotopic (exact) mass is 484 g/mol. The van der Waals surface area contributed by atoms with E-state index >= 15 is 0 Å². The Morgan fingerprint density at radius 2 is 1.74 bits per heavy atom. The van der Waals surface area contributed by atoms with Gasteiger partial charge in [-0.25, -0.2) is 13.2 Å². The predicted molar refractivity (Wildman–Crippen MR) is 130 cm³/mol. The highest BCUT2D eigenvalue weighted by Crippen LogP contribution is 2.31. The van der Waals surface area contributed by atoms with Crippen molar-refractivity contribution in [1.82, 2.24) is 5.32 Å². The minimum Gasteiger partial charge on any atom is -0.449 e. The Hall–Kier alpha value is -2.87. The molecule has 1 heterocycles. The minimum atomic E-state index is -3.76. The molecule has 8 heteroatoms. The molecule has 0 unspecified atom stereocenters. The lowest BCUT2D eigenvalue weighted by atomic mass is 9.89. The highest BCUT2D eigenvalue weighted by atomic mass is 32.2. The zero-order valence-electron chi connectivity index (χ0n) is 19.5. The highest BCUT2D eigenvalue weighted by Gasteiger charge is 2.29. The average Bonchev–Trinajstić information content (AvgIpc) is 2.87. The largest absolute Gasteiger partial charge is 0.449 e. The van der Waals surface area contributed by atoms with E-state index in [-0.39, 0.29) is 16.4 Å².